The van der Waals surface area contributed by atoms with E-state index in [2.05, 4.69) is 33.7 Å². The van der Waals surface area contributed by atoms with Crippen molar-refractivity contribution in [3.05, 3.63) is 65.8 Å². The van der Waals surface area contributed by atoms with Crippen LogP contribution in [0, 0.1) is 0 Å². The van der Waals surface area contributed by atoms with Crippen molar-refractivity contribution in [2.45, 2.75) is 19.9 Å². The molecule has 3 heterocycles. The SMILES string of the molecule is CC(C)n1ccc2c(C(=O)Nc3nc(-c4ccccn4)cs3)cccc21. The lowest BCUT2D eigenvalue weighted by atomic mass is 10.1. The Morgan fingerprint density at radius 2 is 2.00 bits per heavy atom. The predicted octanol–water partition coefficient (Wildman–Crippen LogP) is 4.99. The molecule has 1 amide bonds. The highest BCUT2D eigenvalue weighted by molar-refractivity contribution is 7.14. The van der Waals surface area contributed by atoms with Crippen molar-refractivity contribution in [3.8, 4) is 11.4 Å². The normalized spacial score (nSPS) is 11.2. The smallest absolute Gasteiger partial charge is 0.258 e. The molecule has 0 fully saturated rings. The van der Waals surface area contributed by atoms with Crippen molar-refractivity contribution in [1.82, 2.24) is 14.5 Å². The number of nitrogens with zero attached hydrogens (tertiary/aromatic N) is 3. The zero-order valence-electron chi connectivity index (χ0n) is 14.5. The number of amides is 1. The Balaban J connectivity index is 1.61. The van der Waals surface area contributed by atoms with Crippen molar-refractivity contribution >= 4 is 33.3 Å². The predicted molar refractivity (Wildman–Crippen MR) is 106 cm³/mol. The molecule has 0 unspecified atom stereocenters. The summed E-state index contributed by atoms with van der Waals surface area (Å²) in [6.45, 7) is 4.25. The molecular formula is C20H18N4OS. The maximum Gasteiger partial charge on any atom is 0.258 e. The van der Waals surface area contributed by atoms with Gasteiger partial charge in [-0.3, -0.25) is 15.1 Å². The van der Waals surface area contributed by atoms with Crippen LogP contribution in [0.2, 0.25) is 0 Å². The highest BCUT2D eigenvalue weighted by atomic mass is 32.1. The fourth-order valence-corrected chi connectivity index (χ4v) is 3.66. The van der Waals surface area contributed by atoms with E-state index in [9.17, 15) is 4.79 Å². The fraction of sp³-hybridized carbons (Fsp3) is 0.150. The summed E-state index contributed by atoms with van der Waals surface area (Å²) in [5, 5.41) is 6.32. The number of nitrogens with one attached hydrogen (secondary N) is 1. The number of pyridine rings is 1. The van der Waals surface area contributed by atoms with Crippen molar-refractivity contribution in [3.63, 3.8) is 0 Å². The molecule has 1 aromatic carbocycles. The number of anilines is 1. The molecule has 0 bridgehead atoms. The Morgan fingerprint density at radius 3 is 2.77 bits per heavy atom. The van der Waals surface area contributed by atoms with Crippen LogP contribution in [-0.4, -0.2) is 20.4 Å². The zero-order chi connectivity index (χ0) is 18.1. The lowest BCUT2D eigenvalue weighted by Gasteiger charge is -2.10. The molecule has 6 heteroatoms. The van der Waals surface area contributed by atoms with Gasteiger partial charge in [-0.15, -0.1) is 11.3 Å². The topological polar surface area (TPSA) is 59.8 Å². The molecule has 0 aliphatic rings. The van der Waals surface area contributed by atoms with E-state index in [1.54, 1.807) is 6.20 Å². The quantitative estimate of drug-likeness (QED) is 0.556. The van der Waals surface area contributed by atoms with Crippen molar-refractivity contribution < 1.29 is 4.79 Å². The molecule has 130 valence electrons. The highest BCUT2D eigenvalue weighted by Crippen LogP contribution is 2.26. The van der Waals surface area contributed by atoms with Crippen LogP contribution in [0.25, 0.3) is 22.3 Å². The van der Waals surface area contributed by atoms with Gasteiger partial charge in [0.25, 0.3) is 5.91 Å². The molecule has 4 aromatic rings. The third kappa shape index (κ3) is 2.99. The number of fused-ring (bicyclic) bond motifs is 1. The number of carbonyl (C=O) groups excluding carboxylic acids is 1. The van der Waals surface area contributed by atoms with Crippen LogP contribution in [0.1, 0.15) is 30.2 Å². The first kappa shape index (κ1) is 16.5. The van der Waals surface area contributed by atoms with Gasteiger partial charge < -0.3 is 4.57 Å². The second kappa shape index (κ2) is 6.72. The zero-order valence-corrected chi connectivity index (χ0v) is 15.3. The summed E-state index contributed by atoms with van der Waals surface area (Å²) in [5.74, 6) is -0.154. The third-order valence-electron chi connectivity index (χ3n) is 4.22. The van der Waals surface area contributed by atoms with Crippen molar-refractivity contribution in [1.29, 1.82) is 0 Å². The average molecular weight is 362 g/mol. The Labute approximate surface area is 155 Å². The van der Waals surface area contributed by atoms with Crippen LogP contribution in [0.4, 0.5) is 5.13 Å². The molecule has 0 radical (unpaired) electrons. The molecular weight excluding hydrogens is 344 g/mol. The van der Waals surface area contributed by atoms with E-state index in [0.717, 1.165) is 22.3 Å². The van der Waals surface area contributed by atoms with Crippen molar-refractivity contribution in [2.24, 2.45) is 0 Å². The number of aromatic nitrogens is 3. The summed E-state index contributed by atoms with van der Waals surface area (Å²) in [7, 11) is 0. The number of benzene rings is 1. The van der Waals surface area contributed by atoms with Crippen LogP contribution in [-0.2, 0) is 0 Å². The number of hydrogen-bond acceptors (Lipinski definition) is 4. The monoisotopic (exact) mass is 362 g/mol. The standard InChI is InChI=1S/C20H18N4OS/c1-13(2)24-11-9-14-15(6-5-8-18(14)24)19(25)23-20-22-17(12-26-20)16-7-3-4-10-21-16/h3-13H,1-2H3,(H,22,23,25). The number of rotatable bonds is 4. The van der Waals surface area contributed by atoms with E-state index < -0.39 is 0 Å². The molecule has 0 saturated carbocycles. The van der Waals surface area contributed by atoms with Crippen LogP contribution in [0.5, 0.6) is 0 Å². The summed E-state index contributed by atoms with van der Waals surface area (Å²) in [6.07, 6.45) is 3.75. The van der Waals surface area contributed by atoms with Gasteiger partial charge in [-0.1, -0.05) is 12.1 Å². The van der Waals surface area contributed by atoms with E-state index in [4.69, 9.17) is 0 Å². The second-order valence-corrected chi connectivity index (χ2v) is 7.12. The molecule has 3 aromatic heterocycles. The van der Waals surface area contributed by atoms with E-state index in [0.29, 0.717) is 16.7 Å². The molecule has 0 saturated heterocycles. The Kier molecular flexibility index (Phi) is 4.26. The molecule has 0 aliphatic heterocycles. The number of thiazole rings is 1. The molecule has 5 nitrogen and oxygen atoms in total. The summed E-state index contributed by atoms with van der Waals surface area (Å²) in [6, 6.07) is 13.8. The Hall–Kier alpha value is -2.99. The summed E-state index contributed by atoms with van der Waals surface area (Å²) in [4.78, 5) is 21.6. The molecule has 4 rings (SSSR count). The minimum absolute atomic E-state index is 0.154. The molecule has 1 N–H and O–H groups in total. The third-order valence-corrected chi connectivity index (χ3v) is 4.97. The van der Waals surface area contributed by atoms with E-state index in [1.165, 1.54) is 11.3 Å². The largest absolute Gasteiger partial charge is 0.345 e. The first-order valence-electron chi connectivity index (χ1n) is 8.41. The highest BCUT2D eigenvalue weighted by Gasteiger charge is 2.15. The van der Waals surface area contributed by atoms with Gasteiger partial charge in [0.1, 0.15) is 5.69 Å². The van der Waals surface area contributed by atoms with Crippen LogP contribution in [0.15, 0.2) is 60.2 Å². The van der Waals surface area contributed by atoms with Gasteiger partial charge in [-0.05, 0) is 44.2 Å². The molecule has 0 spiro atoms. The fourth-order valence-electron chi connectivity index (χ4n) is 2.96. The number of hydrogen-bond donors (Lipinski definition) is 1. The summed E-state index contributed by atoms with van der Waals surface area (Å²) < 4.78 is 2.16. The van der Waals surface area contributed by atoms with E-state index >= 15 is 0 Å². The Morgan fingerprint density at radius 1 is 1.12 bits per heavy atom. The second-order valence-electron chi connectivity index (χ2n) is 6.26. The maximum absolute atomic E-state index is 12.8. The Bertz CT molecular complexity index is 1070. The minimum atomic E-state index is -0.154. The van der Waals surface area contributed by atoms with Crippen LogP contribution in [0.3, 0.4) is 0 Å². The van der Waals surface area contributed by atoms with Gasteiger partial charge in [-0.2, -0.15) is 0 Å². The summed E-state index contributed by atoms with van der Waals surface area (Å²) in [5.41, 5.74) is 3.26. The van der Waals surface area contributed by atoms with E-state index in [1.807, 2.05) is 54.0 Å². The van der Waals surface area contributed by atoms with Gasteiger partial charge in [0.05, 0.1) is 5.69 Å². The van der Waals surface area contributed by atoms with Crippen molar-refractivity contribution in [2.75, 3.05) is 5.32 Å². The molecule has 0 atom stereocenters. The number of carbonyl (C=O) groups is 1. The van der Waals surface area contributed by atoms with Gasteiger partial charge in [0, 0.05) is 40.3 Å². The van der Waals surface area contributed by atoms with Gasteiger partial charge in [0.15, 0.2) is 5.13 Å². The lowest BCUT2D eigenvalue weighted by molar-refractivity contribution is 0.102. The maximum atomic E-state index is 12.8. The average Bonchev–Trinajstić information content (AvgIpc) is 3.29. The molecule has 26 heavy (non-hydrogen) atoms. The van der Waals surface area contributed by atoms with Gasteiger partial charge >= 0.3 is 0 Å². The molecule has 0 aliphatic carbocycles. The minimum Gasteiger partial charge on any atom is -0.345 e. The van der Waals surface area contributed by atoms with Gasteiger partial charge in [-0.25, -0.2) is 4.98 Å². The first-order chi connectivity index (χ1) is 12.6. The van der Waals surface area contributed by atoms with Crippen LogP contribution < -0.4 is 5.32 Å². The van der Waals surface area contributed by atoms with E-state index in [-0.39, 0.29) is 5.91 Å². The summed E-state index contributed by atoms with van der Waals surface area (Å²) >= 11 is 1.39. The van der Waals surface area contributed by atoms with Crippen LogP contribution >= 0.6 is 11.3 Å². The first-order valence-corrected chi connectivity index (χ1v) is 9.29. The lowest BCUT2D eigenvalue weighted by Crippen LogP contribution is -2.12. The van der Waals surface area contributed by atoms with Gasteiger partial charge in [0.2, 0.25) is 0 Å².